The fourth-order valence-electron chi connectivity index (χ4n) is 3.54. The number of ketones is 1. The first kappa shape index (κ1) is 13.4. The van der Waals surface area contributed by atoms with E-state index in [9.17, 15) is 4.79 Å². The van der Waals surface area contributed by atoms with E-state index in [-0.39, 0.29) is 0 Å². The van der Waals surface area contributed by atoms with Crippen LogP contribution in [0, 0.1) is 5.92 Å². The third-order valence-electron chi connectivity index (χ3n) is 4.58. The molecule has 1 heteroatoms. The molecule has 0 saturated heterocycles. The van der Waals surface area contributed by atoms with Gasteiger partial charge in [-0.05, 0) is 37.2 Å². The summed E-state index contributed by atoms with van der Waals surface area (Å²) in [5, 5.41) is 0. The van der Waals surface area contributed by atoms with Crippen LogP contribution >= 0.6 is 0 Å². The second-order valence-corrected chi connectivity index (χ2v) is 6.12. The predicted octanol–water partition coefficient (Wildman–Crippen LogP) is 4.64. The fourth-order valence-corrected chi connectivity index (χ4v) is 3.54. The van der Waals surface area contributed by atoms with Crippen molar-refractivity contribution in [2.24, 2.45) is 5.92 Å². The highest BCUT2D eigenvalue weighted by atomic mass is 16.1. The van der Waals surface area contributed by atoms with Crippen LogP contribution < -0.4 is 0 Å². The van der Waals surface area contributed by atoms with E-state index in [0.717, 1.165) is 38.5 Å². The Hall–Kier alpha value is -1.63. The lowest BCUT2D eigenvalue weighted by atomic mass is 9.81. The first-order valence-electron chi connectivity index (χ1n) is 7.68. The first-order chi connectivity index (χ1) is 9.72. The molecule has 1 unspecified atom stereocenters. The van der Waals surface area contributed by atoms with Gasteiger partial charge in [0.05, 0.1) is 0 Å². The molecule has 0 spiro atoms. The summed E-state index contributed by atoms with van der Waals surface area (Å²) < 4.78 is 0. The Morgan fingerprint density at radius 1 is 1.05 bits per heavy atom. The van der Waals surface area contributed by atoms with Crippen LogP contribution in [-0.2, 0) is 11.2 Å². The molecule has 0 fully saturated rings. The van der Waals surface area contributed by atoms with Crippen LogP contribution in [0.1, 0.15) is 44.6 Å². The largest absolute Gasteiger partial charge is 0.300 e. The van der Waals surface area contributed by atoms with Crippen molar-refractivity contribution in [3.05, 3.63) is 58.7 Å². The molecule has 3 rings (SSSR count). The Labute approximate surface area is 121 Å². The molecule has 1 aromatic rings. The number of rotatable bonds is 2. The molecule has 1 atom stereocenters. The topological polar surface area (TPSA) is 17.1 Å². The van der Waals surface area contributed by atoms with Crippen molar-refractivity contribution in [3.8, 4) is 0 Å². The second kappa shape index (κ2) is 5.78. The minimum absolute atomic E-state index is 0.441. The smallest absolute Gasteiger partial charge is 0.133 e. The molecule has 2 aliphatic rings. The monoisotopic (exact) mass is 266 g/mol. The van der Waals surface area contributed by atoms with Crippen LogP contribution in [0.15, 0.2) is 53.1 Å². The Morgan fingerprint density at radius 3 is 2.60 bits per heavy atom. The van der Waals surface area contributed by atoms with Gasteiger partial charge in [-0.25, -0.2) is 0 Å². The van der Waals surface area contributed by atoms with Gasteiger partial charge in [-0.2, -0.15) is 0 Å². The van der Waals surface area contributed by atoms with E-state index in [2.05, 4.69) is 43.3 Å². The molecule has 0 aromatic heterocycles. The number of benzene rings is 1. The number of carbonyl (C=O) groups is 1. The SMILES string of the molecule is CC1C=C(Cc2ccccc2)CC2=C1CCC(=O)CC2. The van der Waals surface area contributed by atoms with Gasteiger partial charge in [0.2, 0.25) is 0 Å². The van der Waals surface area contributed by atoms with Crippen molar-refractivity contribution in [3.63, 3.8) is 0 Å². The zero-order valence-corrected chi connectivity index (χ0v) is 12.2. The van der Waals surface area contributed by atoms with Crippen LogP contribution in [0.3, 0.4) is 0 Å². The molecule has 0 heterocycles. The molecule has 0 saturated carbocycles. The number of hydrogen-bond acceptors (Lipinski definition) is 1. The van der Waals surface area contributed by atoms with Gasteiger partial charge in [0, 0.05) is 12.8 Å². The summed E-state index contributed by atoms with van der Waals surface area (Å²) in [5.74, 6) is 0.958. The predicted molar refractivity (Wildman–Crippen MR) is 82.5 cm³/mol. The van der Waals surface area contributed by atoms with Gasteiger partial charge < -0.3 is 0 Å². The van der Waals surface area contributed by atoms with E-state index < -0.39 is 0 Å². The molecule has 0 aliphatic heterocycles. The summed E-state index contributed by atoms with van der Waals surface area (Å²) >= 11 is 0. The Kier molecular flexibility index (Phi) is 3.86. The lowest BCUT2D eigenvalue weighted by molar-refractivity contribution is -0.118. The molecular formula is C19H22O. The maximum atomic E-state index is 11.7. The molecule has 0 bridgehead atoms. The van der Waals surface area contributed by atoms with Crippen LogP contribution in [-0.4, -0.2) is 5.78 Å². The normalized spacial score (nSPS) is 23.1. The first-order valence-corrected chi connectivity index (χ1v) is 7.68. The number of Topliss-reactive ketones (excluding diaryl/α,β-unsaturated/α-hetero) is 1. The molecule has 2 aliphatic carbocycles. The third-order valence-corrected chi connectivity index (χ3v) is 4.58. The molecule has 104 valence electrons. The third kappa shape index (κ3) is 2.92. The van der Waals surface area contributed by atoms with E-state index in [1.54, 1.807) is 11.1 Å². The summed E-state index contributed by atoms with van der Waals surface area (Å²) in [6.45, 7) is 2.29. The minimum atomic E-state index is 0.441. The number of carbonyl (C=O) groups excluding carboxylic acids is 1. The highest BCUT2D eigenvalue weighted by molar-refractivity contribution is 5.79. The fraction of sp³-hybridized carbons (Fsp3) is 0.421. The minimum Gasteiger partial charge on any atom is -0.300 e. The molecule has 20 heavy (non-hydrogen) atoms. The molecule has 0 amide bonds. The summed E-state index contributed by atoms with van der Waals surface area (Å²) in [4.78, 5) is 11.7. The zero-order valence-electron chi connectivity index (χ0n) is 12.2. The van der Waals surface area contributed by atoms with E-state index in [1.165, 1.54) is 11.1 Å². The molecule has 1 aromatic carbocycles. The van der Waals surface area contributed by atoms with Crippen LogP contribution in [0.4, 0.5) is 0 Å². The number of hydrogen-bond donors (Lipinski definition) is 0. The van der Waals surface area contributed by atoms with Gasteiger partial charge in [-0.3, -0.25) is 4.79 Å². The van der Waals surface area contributed by atoms with Crippen molar-refractivity contribution >= 4 is 5.78 Å². The second-order valence-electron chi connectivity index (χ2n) is 6.12. The van der Waals surface area contributed by atoms with Crippen molar-refractivity contribution in [2.75, 3.05) is 0 Å². The zero-order chi connectivity index (χ0) is 13.9. The Balaban J connectivity index is 1.76. The average Bonchev–Trinajstić information content (AvgIpc) is 2.63. The summed E-state index contributed by atoms with van der Waals surface area (Å²) in [6, 6.07) is 10.7. The maximum absolute atomic E-state index is 11.7. The summed E-state index contributed by atoms with van der Waals surface area (Å²) in [7, 11) is 0. The average molecular weight is 266 g/mol. The van der Waals surface area contributed by atoms with Gasteiger partial charge in [0.25, 0.3) is 0 Å². The summed E-state index contributed by atoms with van der Waals surface area (Å²) in [5.41, 5.74) is 6.01. The van der Waals surface area contributed by atoms with E-state index in [4.69, 9.17) is 0 Å². The summed E-state index contributed by atoms with van der Waals surface area (Å²) in [6.07, 6.45) is 8.06. The lowest BCUT2D eigenvalue weighted by Crippen LogP contribution is -2.09. The quantitative estimate of drug-likeness (QED) is 0.713. The molecule has 0 N–H and O–H groups in total. The van der Waals surface area contributed by atoms with Gasteiger partial charge in [-0.1, -0.05) is 60.1 Å². The van der Waals surface area contributed by atoms with Crippen molar-refractivity contribution in [2.45, 2.75) is 45.4 Å². The Bertz CT molecular complexity index is 563. The van der Waals surface area contributed by atoms with E-state index in [0.29, 0.717) is 11.7 Å². The van der Waals surface area contributed by atoms with E-state index >= 15 is 0 Å². The van der Waals surface area contributed by atoms with Crippen molar-refractivity contribution in [1.29, 1.82) is 0 Å². The molecule has 0 radical (unpaired) electrons. The highest BCUT2D eigenvalue weighted by Crippen LogP contribution is 2.37. The van der Waals surface area contributed by atoms with Gasteiger partial charge in [0.15, 0.2) is 0 Å². The Morgan fingerprint density at radius 2 is 1.80 bits per heavy atom. The molecular weight excluding hydrogens is 244 g/mol. The van der Waals surface area contributed by atoms with Crippen molar-refractivity contribution in [1.82, 2.24) is 0 Å². The van der Waals surface area contributed by atoms with Crippen LogP contribution in [0.2, 0.25) is 0 Å². The maximum Gasteiger partial charge on any atom is 0.133 e. The van der Waals surface area contributed by atoms with Gasteiger partial charge in [-0.15, -0.1) is 0 Å². The van der Waals surface area contributed by atoms with Crippen LogP contribution in [0.5, 0.6) is 0 Å². The van der Waals surface area contributed by atoms with E-state index in [1.807, 2.05) is 0 Å². The van der Waals surface area contributed by atoms with Gasteiger partial charge in [0.1, 0.15) is 5.78 Å². The highest BCUT2D eigenvalue weighted by Gasteiger charge is 2.23. The standard InChI is InChI=1S/C19H22O/c1-14-11-16(12-15-5-3-2-4-6-15)13-17-7-8-18(20)9-10-19(14)17/h2-6,11,14H,7-10,12-13H2,1H3. The molecule has 1 nitrogen and oxygen atoms in total. The van der Waals surface area contributed by atoms with Crippen molar-refractivity contribution < 1.29 is 4.79 Å². The lowest BCUT2D eigenvalue weighted by Gasteiger charge is -2.25. The van der Waals surface area contributed by atoms with Crippen LogP contribution in [0.25, 0.3) is 0 Å². The van der Waals surface area contributed by atoms with Gasteiger partial charge >= 0.3 is 0 Å². The number of allylic oxidation sites excluding steroid dienone is 4.